The van der Waals surface area contributed by atoms with Crippen LogP contribution in [-0.2, 0) is 11.2 Å². The zero-order valence-electron chi connectivity index (χ0n) is 13.6. The monoisotopic (exact) mass is 462 g/mol. The Kier molecular flexibility index (Phi) is 5.61. The standard InChI is InChI=1S/C18H15IN4O3/c19-13-5-1-12(2-6-13)18-22-16(26-23-18)10-9-15(24)21-14-7-3-11(4-8-14)17(20)25/h1-8H,9-10H2,(H2,20,25)(H,21,24). The minimum absolute atomic E-state index is 0.189. The van der Waals surface area contributed by atoms with Crippen molar-refractivity contribution >= 4 is 40.1 Å². The number of nitrogens with one attached hydrogen (secondary N) is 1. The first kappa shape index (κ1) is 18.1. The molecule has 0 unspecified atom stereocenters. The Morgan fingerprint density at radius 3 is 2.42 bits per heavy atom. The molecule has 2 amide bonds. The van der Waals surface area contributed by atoms with E-state index in [2.05, 4.69) is 38.0 Å². The first-order valence-electron chi connectivity index (χ1n) is 7.79. The number of carbonyl (C=O) groups excluding carboxylic acids is 2. The maximum Gasteiger partial charge on any atom is 0.248 e. The second-order valence-electron chi connectivity index (χ2n) is 5.51. The van der Waals surface area contributed by atoms with Crippen LogP contribution >= 0.6 is 22.6 Å². The molecule has 0 aliphatic rings. The average molecular weight is 462 g/mol. The summed E-state index contributed by atoms with van der Waals surface area (Å²) < 4.78 is 6.32. The number of carbonyl (C=O) groups is 2. The SMILES string of the molecule is NC(=O)c1ccc(NC(=O)CCc2nc(-c3ccc(I)cc3)no2)cc1. The molecule has 1 aromatic heterocycles. The van der Waals surface area contributed by atoms with E-state index in [0.717, 1.165) is 9.13 Å². The number of hydrogen-bond acceptors (Lipinski definition) is 5. The minimum Gasteiger partial charge on any atom is -0.366 e. The molecule has 1 heterocycles. The molecule has 3 N–H and O–H groups in total. The Hall–Kier alpha value is -2.75. The highest BCUT2D eigenvalue weighted by molar-refractivity contribution is 14.1. The molecule has 8 heteroatoms. The number of halogens is 1. The molecule has 0 spiro atoms. The molecular weight excluding hydrogens is 447 g/mol. The van der Waals surface area contributed by atoms with Gasteiger partial charge in [0.05, 0.1) is 0 Å². The fraction of sp³-hybridized carbons (Fsp3) is 0.111. The number of anilines is 1. The number of primary amides is 1. The van der Waals surface area contributed by atoms with Crippen LogP contribution in [0.1, 0.15) is 22.7 Å². The van der Waals surface area contributed by atoms with Crippen molar-refractivity contribution in [3.63, 3.8) is 0 Å². The summed E-state index contributed by atoms with van der Waals surface area (Å²) in [5.41, 5.74) is 7.01. The summed E-state index contributed by atoms with van der Waals surface area (Å²) in [4.78, 5) is 27.4. The van der Waals surface area contributed by atoms with Crippen molar-refractivity contribution in [2.45, 2.75) is 12.8 Å². The van der Waals surface area contributed by atoms with E-state index in [-0.39, 0.29) is 12.3 Å². The van der Waals surface area contributed by atoms with Crippen LogP contribution in [0.5, 0.6) is 0 Å². The zero-order valence-corrected chi connectivity index (χ0v) is 15.8. The minimum atomic E-state index is -0.511. The van der Waals surface area contributed by atoms with Crippen LogP contribution < -0.4 is 11.1 Å². The number of nitrogens with zero attached hydrogens (tertiary/aromatic N) is 2. The molecule has 3 rings (SSSR count). The third-order valence-electron chi connectivity index (χ3n) is 3.59. The first-order chi connectivity index (χ1) is 12.5. The van der Waals surface area contributed by atoms with Crippen LogP contribution in [0.25, 0.3) is 11.4 Å². The molecule has 0 radical (unpaired) electrons. The summed E-state index contributed by atoms with van der Waals surface area (Å²) in [5.74, 6) is 0.200. The summed E-state index contributed by atoms with van der Waals surface area (Å²) >= 11 is 2.22. The zero-order chi connectivity index (χ0) is 18.5. The lowest BCUT2D eigenvalue weighted by molar-refractivity contribution is -0.116. The predicted molar refractivity (Wildman–Crippen MR) is 104 cm³/mol. The van der Waals surface area contributed by atoms with E-state index < -0.39 is 5.91 Å². The summed E-state index contributed by atoms with van der Waals surface area (Å²) in [6.45, 7) is 0. The number of nitrogens with two attached hydrogens (primary N) is 1. The van der Waals surface area contributed by atoms with Gasteiger partial charge in [0.1, 0.15) is 0 Å². The highest BCUT2D eigenvalue weighted by Crippen LogP contribution is 2.18. The highest BCUT2D eigenvalue weighted by Gasteiger charge is 2.11. The van der Waals surface area contributed by atoms with Crippen molar-refractivity contribution in [1.82, 2.24) is 10.1 Å². The molecule has 2 aromatic carbocycles. The van der Waals surface area contributed by atoms with Gasteiger partial charge in [-0.2, -0.15) is 4.98 Å². The van der Waals surface area contributed by atoms with Gasteiger partial charge in [-0.25, -0.2) is 0 Å². The van der Waals surface area contributed by atoms with Crippen molar-refractivity contribution in [2.24, 2.45) is 5.73 Å². The average Bonchev–Trinajstić information content (AvgIpc) is 3.10. The second-order valence-corrected chi connectivity index (χ2v) is 6.75. The van der Waals surface area contributed by atoms with Crippen LogP contribution in [0.3, 0.4) is 0 Å². The number of benzene rings is 2. The number of aryl methyl sites for hydroxylation is 1. The van der Waals surface area contributed by atoms with Crippen LogP contribution in [-0.4, -0.2) is 22.0 Å². The molecule has 7 nitrogen and oxygen atoms in total. The molecule has 0 aliphatic heterocycles. The van der Waals surface area contributed by atoms with Crippen LogP contribution in [0, 0.1) is 3.57 Å². The van der Waals surface area contributed by atoms with Gasteiger partial charge in [0.25, 0.3) is 0 Å². The number of amides is 2. The topological polar surface area (TPSA) is 111 Å². The number of hydrogen-bond donors (Lipinski definition) is 2. The summed E-state index contributed by atoms with van der Waals surface area (Å²) in [6, 6.07) is 14.1. The van der Waals surface area contributed by atoms with Gasteiger partial charge in [0, 0.05) is 33.2 Å². The van der Waals surface area contributed by atoms with Gasteiger partial charge >= 0.3 is 0 Å². The Balaban J connectivity index is 1.54. The number of aromatic nitrogens is 2. The van der Waals surface area contributed by atoms with Gasteiger partial charge in [0.15, 0.2) is 0 Å². The van der Waals surface area contributed by atoms with Crippen LogP contribution in [0.4, 0.5) is 5.69 Å². The molecule has 0 saturated carbocycles. The molecule has 0 atom stereocenters. The Morgan fingerprint density at radius 1 is 1.08 bits per heavy atom. The quantitative estimate of drug-likeness (QED) is 0.548. The fourth-order valence-electron chi connectivity index (χ4n) is 2.23. The Morgan fingerprint density at radius 2 is 1.77 bits per heavy atom. The predicted octanol–water partition coefficient (Wildman–Crippen LogP) is 3.01. The largest absolute Gasteiger partial charge is 0.366 e. The third kappa shape index (κ3) is 4.66. The lowest BCUT2D eigenvalue weighted by atomic mass is 10.2. The van der Waals surface area contributed by atoms with E-state index in [1.54, 1.807) is 24.3 Å². The summed E-state index contributed by atoms with van der Waals surface area (Å²) in [7, 11) is 0. The third-order valence-corrected chi connectivity index (χ3v) is 4.31. The van der Waals surface area contributed by atoms with Crippen molar-refractivity contribution < 1.29 is 14.1 Å². The summed E-state index contributed by atoms with van der Waals surface area (Å²) in [5, 5.41) is 6.68. The van der Waals surface area contributed by atoms with Crippen LogP contribution in [0.15, 0.2) is 53.1 Å². The van der Waals surface area contributed by atoms with E-state index in [4.69, 9.17) is 10.3 Å². The lowest BCUT2D eigenvalue weighted by Crippen LogP contribution is -2.13. The fourth-order valence-corrected chi connectivity index (χ4v) is 2.59. The number of rotatable bonds is 6. The molecule has 0 fully saturated rings. The molecule has 0 bridgehead atoms. The van der Waals surface area contributed by atoms with Gasteiger partial charge in [0.2, 0.25) is 23.5 Å². The first-order valence-corrected chi connectivity index (χ1v) is 8.87. The smallest absolute Gasteiger partial charge is 0.248 e. The van der Waals surface area contributed by atoms with Crippen molar-refractivity contribution in [1.29, 1.82) is 0 Å². The summed E-state index contributed by atoms with van der Waals surface area (Å²) in [6.07, 6.45) is 0.536. The molecule has 0 saturated heterocycles. The second kappa shape index (κ2) is 8.09. The van der Waals surface area contributed by atoms with Crippen molar-refractivity contribution in [3.8, 4) is 11.4 Å². The van der Waals surface area contributed by atoms with Crippen molar-refractivity contribution in [3.05, 3.63) is 63.6 Å². The maximum atomic E-state index is 12.0. The van der Waals surface area contributed by atoms with E-state index in [0.29, 0.717) is 29.4 Å². The molecule has 0 aliphatic carbocycles. The van der Waals surface area contributed by atoms with Gasteiger partial charge in [-0.15, -0.1) is 0 Å². The van der Waals surface area contributed by atoms with E-state index >= 15 is 0 Å². The highest BCUT2D eigenvalue weighted by atomic mass is 127. The molecular formula is C18H15IN4O3. The van der Waals surface area contributed by atoms with Gasteiger partial charge in [-0.05, 0) is 59.0 Å². The molecule has 3 aromatic rings. The Bertz CT molecular complexity index is 920. The van der Waals surface area contributed by atoms with E-state index in [1.807, 2.05) is 24.3 Å². The van der Waals surface area contributed by atoms with Crippen molar-refractivity contribution in [2.75, 3.05) is 5.32 Å². The lowest BCUT2D eigenvalue weighted by Gasteiger charge is -2.04. The molecule has 132 valence electrons. The van der Waals surface area contributed by atoms with E-state index in [9.17, 15) is 9.59 Å². The van der Waals surface area contributed by atoms with Crippen LogP contribution in [0.2, 0.25) is 0 Å². The Labute approximate surface area is 163 Å². The van der Waals surface area contributed by atoms with Gasteiger partial charge in [-0.3, -0.25) is 9.59 Å². The normalized spacial score (nSPS) is 10.5. The van der Waals surface area contributed by atoms with E-state index in [1.165, 1.54) is 0 Å². The maximum absolute atomic E-state index is 12.0. The van der Waals surface area contributed by atoms with Gasteiger partial charge < -0.3 is 15.6 Å². The molecule has 26 heavy (non-hydrogen) atoms. The van der Waals surface area contributed by atoms with Gasteiger partial charge in [-0.1, -0.05) is 17.3 Å².